The lowest BCUT2D eigenvalue weighted by Crippen LogP contribution is -2.34. The number of rotatable bonds is 7. The summed E-state index contributed by atoms with van der Waals surface area (Å²) >= 11 is 0. The number of aromatic nitrogens is 2. The van der Waals surface area contributed by atoms with Crippen molar-refractivity contribution in [3.8, 4) is 11.4 Å². The fraction of sp³-hybridized carbons (Fsp3) is 0.556. The summed E-state index contributed by atoms with van der Waals surface area (Å²) < 4.78 is 68.8. The van der Waals surface area contributed by atoms with Crippen molar-refractivity contribution in [3.05, 3.63) is 29.8 Å². The van der Waals surface area contributed by atoms with Gasteiger partial charge in [-0.3, -0.25) is 0 Å². The van der Waals surface area contributed by atoms with E-state index >= 15 is 0 Å². The van der Waals surface area contributed by atoms with Crippen molar-refractivity contribution in [1.82, 2.24) is 14.9 Å². The van der Waals surface area contributed by atoms with Gasteiger partial charge in [0.05, 0.1) is 11.3 Å². The van der Waals surface area contributed by atoms with Crippen LogP contribution < -0.4 is 10.0 Å². The summed E-state index contributed by atoms with van der Waals surface area (Å²) in [6.07, 6.45) is -1.00. The minimum Gasteiger partial charge on any atom is -0.335 e. The van der Waals surface area contributed by atoms with E-state index in [9.17, 15) is 21.6 Å². The molecule has 1 aromatic carbocycles. The fourth-order valence-corrected chi connectivity index (χ4v) is 3.93. The number of sulfonamides is 1. The largest absolute Gasteiger partial charge is 0.416 e. The number of hydrogen-bond donors (Lipinski definition) is 2. The highest BCUT2D eigenvalue weighted by Crippen LogP contribution is 2.31. The van der Waals surface area contributed by atoms with Gasteiger partial charge in [-0.15, -0.1) is 0 Å². The molecule has 160 valence electrons. The van der Waals surface area contributed by atoms with Crippen LogP contribution in [-0.2, 0) is 16.2 Å². The molecular weight excluding hydrogens is 409 g/mol. The highest BCUT2D eigenvalue weighted by molar-refractivity contribution is 7.89. The van der Waals surface area contributed by atoms with Crippen LogP contribution in [0.3, 0.4) is 0 Å². The first kappa shape index (κ1) is 21.6. The zero-order valence-electron chi connectivity index (χ0n) is 15.9. The molecule has 1 heterocycles. The van der Waals surface area contributed by atoms with E-state index in [1.807, 2.05) is 0 Å². The molecule has 0 saturated heterocycles. The van der Waals surface area contributed by atoms with Crippen LogP contribution in [-0.4, -0.2) is 36.9 Å². The summed E-state index contributed by atoms with van der Waals surface area (Å²) in [5.74, 6) is 0.575. The first-order valence-corrected chi connectivity index (χ1v) is 11.1. The number of anilines is 1. The van der Waals surface area contributed by atoms with Gasteiger partial charge in [0.15, 0.2) is 0 Å². The van der Waals surface area contributed by atoms with Crippen molar-refractivity contribution in [2.45, 2.75) is 44.8 Å². The molecular formula is C18H23F3N4O3S. The number of hydrogen-bond acceptors (Lipinski definition) is 6. The van der Waals surface area contributed by atoms with E-state index in [0.717, 1.165) is 37.8 Å². The van der Waals surface area contributed by atoms with Crippen molar-refractivity contribution < 1.29 is 26.1 Å². The smallest absolute Gasteiger partial charge is 0.335 e. The van der Waals surface area contributed by atoms with E-state index < -0.39 is 21.8 Å². The van der Waals surface area contributed by atoms with Crippen LogP contribution in [0.5, 0.6) is 0 Å². The van der Waals surface area contributed by atoms with Gasteiger partial charge in [0, 0.05) is 18.2 Å². The summed E-state index contributed by atoms with van der Waals surface area (Å²) in [6.45, 7) is 2.05. The maximum Gasteiger partial charge on any atom is 0.416 e. The SMILES string of the molecule is CCS(=O)(=O)NCC1CCC(Nc2nc(-c3ccc(C(F)(F)F)cc3)no2)CC1. The second-order valence-corrected chi connectivity index (χ2v) is 9.21. The molecule has 7 nitrogen and oxygen atoms in total. The second-order valence-electron chi connectivity index (χ2n) is 7.11. The van der Waals surface area contributed by atoms with Gasteiger partial charge >= 0.3 is 12.2 Å². The molecule has 0 bridgehead atoms. The van der Waals surface area contributed by atoms with E-state index in [1.165, 1.54) is 12.1 Å². The van der Waals surface area contributed by atoms with Crippen molar-refractivity contribution in [2.75, 3.05) is 17.6 Å². The molecule has 0 atom stereocenters. The molecule has 2 N–H and O–H groups in total. The van der Waals surface area contributed by atoms with Gasteiger partial charge in [-0.05, 0) is 50.7 Å². The topological polar surface area (TPSA) is 97.1 Å². The Labute approximate surface area is 167 Å². The number of nitrogens with zero attached hydrogens (tertiary/aromatic N) is 2. The number of alkyl halides is 3. The minimum atomic E-state index is -4.39. The van der Waals surface area contributed by atoms with Crippen LogP contribution in [0.2, 0.25) is 0 Å². The van der Waals surface area contributed by atoms with Crippen LogP contribution in [0, 0.1) is 5.92 Å². The van der Waals surface area contributed by atoms with Crippen LogP contribution >= 0.6 is 0 Å². The van der Waals surface area contributed by atoms with Crippen LogP contribution in [0.15, 0.2) is 28.8 Å². The minimum absolute atomic E-state index is 0.0718. The number of benzene rings is 1. The third-order valence-corrected chi connectivity index (χ3v) is 6.41. The molecule has 29 heavy (non-hydrogen) atoms. The van der Waals surface area contributed by atoms with Gasteiger partial charge in [-0.25, -0.2) is 13.1 Å². The Morgan fingerprint density at radius 2 is 1.79 bits per heavy atom. The lowest BCUT2D eigenvalue weighted by atomic mass is 9.86. The molecule has 0 unspecified atom stereocenters. The maximum atomic E-state index is 12.6. The summed E-state index contributed by atoms with van der Waals surface area (Å²) in [6, 6.07) is 4.91. The molecule has 1 aliphatic carbocycles. The molecule has 2 aromatic rings. The van der Waals surface area contributed by atoms with Gasteiger partial charge in [-0.1, -0.05) is 17.3 Å². The van der Waals surface area contributed by atoms with E-state index in [0.29, 0.717) is 18.0 Å². The first-order chi connectivity index (χ1) is 13.7. The average Bonchev–Trinajstić information content (AvgIpc) is 3.15. The Hall–Kier alpha value is -2.14. The Morgan fingerprint density at radius 3 is 2.38 bits per heavy atom. The summed E-state index contributed by atoms with van der Waals surface area (Å²) in [5, 5.41) is 6.97. The molecule has 0 spiro atoms. The third-order valence-electron chi connectivity index (χ3n) is 5.04. The molecule has 1 aliphatic rings. The quantitative estimate of drug-likeness (QED) is 0.693. The molecule has 1 aromatic heterocycles. The molecule has 0 aliphatic heterocycles. The first-order valence-electron chi connectivity index (χ1n) is 9.41. The van der Waals surface area contributed by atoms with Gasteiger partial charge in [0.25, 0.3) is 0 Å². The second kappa shape index (κ2) is 8.70. The summed E-state index contributed by atoms with van der Waals surface area (Å²) in [7, 11) is -3.18. The predicted molar refractivity (Wildman–Crippen MR) is 102 cm³/mol. The average molecular weight is 432 g/mol. The monoisotopic (exact) mass is 432 g/mol. The van der Waals surface area contributed by atoms with Crippen LogP contribution in [0.25, 0.3) is 11.4 Å². The van der Waals surface area contributed by atoms with Gasteiger partial charge in [0.1, 0.15) is 0 Å². The van der Waals surface area contributed by atoms with E-state index in [2.05, 4.69) is 20.2 Å². The molecule has 11 heteroatoms. The number of nitrogens with one attached hydrogen (secondary N) is 2. The van der Waals surface area contributed by atoms with Crippen molar-refractivity contribution in [3.63, 3.8) is 0 Å². The predicted octanol–water partition coefficient (Wildman–Crippen LogP) is 3.67. The lowest BCUT2D eigenvalue weighted by Gasteiger charge is -2.28. The van der Waals surface area contributed by atoms with Crippen molar-refractivity contribution in [1.29, 1.82) is 0 Å². The fourth-order valence-electron chi connectivity index (χ4n) is 3.24. The van der Waals surface area contributed by atoms with Crippen molar-refractivity contribution >= 4 is 16.0 Å². The van der Waals surface area contributed by atoms with E-state index in [4.69, 9.17) is 4.52 Å². The molecule has 3 rings (SSSR count). The standard InChI is InChI=1S/C18H23F3N4O3S/c1-2-29(26,27)22-11-12-3-9-15(10-4-12)23-17-24-16(25-28-17)13-5-7-14(8-6-13)18(19,20)21/h5-8,12,15,22H,2-4,9-11H2,1H3,(H,23,24,25). The normalized spacial score (nSPS) is 20.6. The van der Waals surface area contributed by atoms with Crippen LogP contribution in [0.1, 0.15) is 38.2 Å². The van der Waals surface area contributed by atoms with E-state index in [-0.39, 0.29) is 23.6 Å². The van der Waals surface area contributed by atoms with Crippen LogP contribution in [0.4, 0.5) is 19.2 Å². The zero-order valence-corrected chi connectivity index (χ0v) is 16.7. The zero-order chi connectivity index (χ0) is 21.1. The number of halogens is 3. The molecule has 1 fully saturated rings. The molecule has 0 amide bonds. The Bertz CT molecular complexity index is 905. The van der Waals surface area contributed by atoms with Gasteiger partial charge in [-0.2, -0.15) is 18.2 Å². The lowest BCUT2D eigenvalue weighted by molar-refractivity contribution is -0.137. The van der Waals surface area contributed by atoms with Gasteiger partial charge in [0.2, 0.25) is 15.8 Å². The van der Waals surface area contributed by atoms with Gasteiger partial charge < -0.3 is 9.84 Å². The Morgan fingerprint density at radius 1 is 1.14 bits per heavy atom. The van der Waals surface area contributed by atoms with Crippen molar-refractivity contribution in [2.24, 2.45) is 5.92 Å². The summed E-state index contributed by atoms with van der Waals surface area (Å²) in [4.78, 5) is 4.20. The Kier molecular flexibility index (Phi) is 6.47. The Balaban J connectivity index is 1.51. The molecule has 1 saturated carbocycles. The maximum absolute atomic E-state index is 12.6. The highest BCUT2D eigenvalue weighted by atomic mass is 32.2. The third kappa shape index (κ3) is 5.92. The molecule has 0 radical (unpaired) electrons. The van der Waals surface area contributed by atoms with E-state index in [1.54, 1.807) is 6.92 Å². The summed E-state index contributed by atoms with van der Waals surface area (Å²) in [5.41, 5.74) is -0.303. The highest BCUT2D eigenvalue weighted by Gasteiger charge is 2.30.